The fourth-order valence-corrected chi connectivity index (χ4v) is 2.92. The van der Waals surface area contributed by atoms with E-state index in [4.69, 9.17) is 5.84 Å². The number of hydrogen-bond donors (Lipinski definition) is 2. The van der Waals surface area contributed by atoms with Gasteiger partial charge >= 0.3 is 0 Å². The number of hydrogen-bond acceptors (Lipinski definition) is 2. The highest BCUT2D eigenvalue weighted by Crippen LogP contribution is 2.57. The third-order valence-electron chi connectivity index (χ3n) is 4.30. The van der Waals surface area contributed by atoms with E-state index in [1.807, 2.05) is 0 Å². The lowest BCUT2D eigenvalue weighted by Crippen LogP contribution is -2.30. The van der Waals surface area contributed by atoms with Gasteiger partial charge in [-0.1, -0.05) is 50.2 Å². The number of benzene rings is 2. The smallest absolute Gasteiger partial charge is 0.0493 e. The second-order valence-electron chi connectivity index (χ2n) is 6.05. The second-order valence-corrected chi connectivity index (χ2v) is 6.05. The van der Waals surface area contributed by atoms with Gasteiger partial charge in [-0.3, -0.25) is 11.3 Å². The van der Waals surface area contributed by atoms with E-state index < -0.39 is 0 Å². The van der Waals surface area contributed by atoms with Crippen molar-refractivity contribution in [1.82, 2.24) is 5.43 Å². The molecule has 3 N–H and O–H groups in total. The summed E-state index contributed by atoms with van der Waals surface area (Å²) in [6.07, 6.45) is 1.24. The van der Waals surface area contributed by atoms with Crippen molar-refractivity contribution in [2.45, 2.75) is 26.3 Å². The molecule has 0 heterocycles. The van der Waals surface area contributed by atoms with Crippen molar-refractivity contribution >= 4 is 10.8 Å². The van der Waals surface area contributed by atoms with Crippen LogP contribution in [0.2, 0.25) is 0 Å². The Labute approximate surface area is 108 Å². The first-order valence-electron chi connectivity index (χ1n) is 6.57. The van der Waals surface area contributed by atoms with Crippen LogP contribution in [0.4, 0.5) is 0 Å². The molecular formula is C16H20N2. The van der Waals surface area contributed by atoms with Crippen LogP contribution in [0.5, 0.6) is 0 Å². The molecule has 2 heteroatoms. The summed E-state index contributed by atoms with van der Waals surface area (Å²) in [4.78, 5) is 0. The van der Waals surface area contributed by atoms with Gasteiger partial charge < -0.3 is 0 Å². The standard InChI is InChI=1S/C16H20N2/c1-16(2)10-14(16)15(18-17)13-8-7-11-5-3-4-6-12(11)9-13/h3-9,14-15,18H,10,17H2,1-2H3. The van der Waals surface area contributed by atoms with Gasteiger partial charge in [-0.05, 0) is 40.2 Å². The molecule has 0 saturated heterocycles. The lowest BCUT2D eigenvalue weighted by atomic mass is 9.95. The number of nitrogens with two attached hydrogens (primary N) is 1. The van der Waals surface area contributed by atoms with E-state index in [0.29, 0.717) is 11.3 Å². The summed E-state index contributed by atoms with van der Waals surface area (Å²) in [6.45, 7) is 4.62. The molecule has 0 amide bonds. The largest absolute Gasteiger partial charge is 0.271 e. The number of nitrogens with one attached hydrogen (secondary N) is 1. The van der Waals surface area contributed by atoms with Gasteiger partial charge in [0.1, 0.15) is 0 Å². The van der Waals surface area contributed by atoms with Gasteiger partial charge in [-0.25, -0.2) is 0 Å². The molecule has 2 aromatic rings. The molecule has 0 spiro atoms. The summed E-state index contributed by atoms with van der Waals surface area (Å²) in [5.74, 6) is 6.40. The predicted molar refractivity (Wildman–Crippen MR) is 75.9 cm³/mol. The van der Waals surface area contributed by atoms with Gasteiger partial charge in [0, 0.05) is 6.04 Å². The minimum atomic E-state index is 0.268. The van der Waals surface area contributed by atoms with Crippen LogP contribution >= 0.6 is 0 Å². The van der Waals surface area contributed by atoms with Crippen molar-refractivity contribution in [3.05, 3.63) is 48.0 Å². The van der Waals surface area contributed by atoms with E-state index >= 15 is 0 Å². The molecule has 1 fully saturated rings. The van der Waals surface area contributed by atoms with Gasteiger partial charge in [0.25, 0.3) is 0 Å². The minimum absolute atomic E-state index is 0.268. The van der Waals surface area contributed by atoms with E-state index in [-0.39, 0.29) is 6.04 Å². The summed E-state index contributed by atoms with van der Waals surface area (Å²) in [7, 11) is 0. The van der Waals surface area contributed by atoms with Crippen molar-refractivity contribution in [1.29, 1.82) is 0 Å². The average Bonchev–Trinajstić information content (AvgIpc) is 2.99. The van der Waals surface area contributed by atoms with Crippen LogP contribution in [0, 0.1) is 11.3 Å². The Morgan fingerprint density at radius 1 is 1.17 bits per heavy atom. The molecule has 0 radical (unpaired) electrons. The summed E-state index contributed by atoms with van der Waals surface area (Å²) < 4.78 is 0. The lowest BCUT2D eigenvalue weighted by molar-refractivity contribution is 0.423. The Bertz CT molecular complexity index is 574. The maximum absolute atomic E-state index is 5.76. The molecule has 94 valence electrons. The Kier molecular flexibility index (Phi) is 2.65. The fourth-order valence-electron chi connectivity index (χ4n) is 2.92. The zero-order valence-corrected chi connectivity index (χ0v) is 11.0. The molecular weight excluding hydrogens is 220 g/mol. The quantitative estimate of drug-likeness (QED) is 0.637. The second kappa shape index (κ2) is 4.08. The van der Waals surface area contributed by atoms with Crippen molar-refractivity contribution in [2.24, 2.45) is 17.2 Å². The molecule has 18 heavy (non-hydrogen) atoms. The van der Waals surface area contributed by atoms with Crippen LogP contribution in [0.1, 0.15) is 31.9 Å². The number of fused-ring (bicyclic) bond motifs is 1. The molecule has 2 aromatic carbocycles. The molecule has 2 atom stereocenters. The van der Waals surface area contributed by atoms with Crippen LogP contribution in [-0.4, -0.2) is 0 Å². The molecule has 2 nitrogen and oxygen atoms in total. The van der Waals surface area contributed by atoms with Gasteiger partial charge in [-0.15, -0.1) is 0 Å². The first-order chi connectivity index (χ1) is 8.62. The van der Waals surface area contributed by atoms with Gasteiger partial charge in [-0.2, -0.15) is 0 Å². The Hall–Kier alpha value is -1.38. The van der Waals surface area contributed by atoms with Crippen LogP contribution in [0.3, 0.4) is 0 Å². The van der Waals surface area contributed by atoms with Gasteiger partial charge in [0.05, 0.1) is 0 Å². The molecule has 2 unspecified atom stereocenters. The molecule has 3 rings (SSSR count). The third kappa shape index (κ3) is 1.92. The lowest BCUT2D eigenvalue weighted by Gasteiger charge is -2.18. The summed E-state index contributed by atoms with van der Waals surface area (Å²) >= 11 is 0. The van der Waals surface area contributed by atoms with Crippen molar-refractivity contribution in [3.63, 3.8) is 0 Å². The Balaban J connectivity index is 1.98. The fraction of sp³-hybridized carbons (Fsp3) is 0.375. The summed E-state index contributed by atoms with van der Waals surface area (Å²) in [6, 6.07) is 15.4. The molecule has 0 aromatic heterocycles. The summed E-state index contributed by atoms with van der Waals surface area (Å²) in [5.41, 5.74) is 4.72. The van der Waals surface area contributed by atoms with Gasteiger partial charge in [0.15, 0.2) is 0 Å². The first-order valence-corrected chi connectivity index (χ1v) is 6.57. The molecule has 1 saturated carbocycles. The SMILES string of the molecule is CC1(C)CC1C(NN)c1ccc2ccccc2c1. The Morgan fingerprint density at radius 3 is 2.44 bits per heavy atom. The maximum Gasteiger partial charge on any atom is 0.0493 e. The summed E-state index contributed by atoms with van der Waals surface area (Å²) in [5, 5.41) is 2.57. The van der Waals surface area contributed by atoms with E-state index in [1.54, 1.807) is 0 Å². The van der Waals surface area contributed by atoms with Crippen LogP contribution < -0.4 is 11.3 Å². The van der Waals surface area contributed by atoms with Crippen LogP contribution in [0.25, 0.3) is 10.8 Å². The zero-order valence-electron chi connectivity index (χ0n) is 11.0. The highest BCUT2D eigenvalue weighted by molar-refractivity contribution is 5.83. The van der Waals surface area contributed by atoms with Crippen molar-refractivity contribution in [3.8, 4) is 0 Å². The number of hydrazine groups is 1. The highest BCUT2D eigenvalue weighted by Gasteiger charge is 2.50. The molecule has 0 aliphatic heterocycles. The predicted octanol–water partition coefficient (Wildman–Crippen LogP) is 3.39. The Morgan fingerprint density at radius 2 is 1.83 bits per heavy atom. The average molecular weight is 240 g/mol. The van der Waals surface area contributed by atoms with Gasteiger partial charge in [0.2, 0.25) is 0 Å². The van der Waals surface area contributed by atoms with E-state index in [0.717, 1.165) is 0 Å². The van der Waals surface area contributed by atoms with Crippen molar-refractivity contribution < 1.29 is 0 Å². The van der Waals surface area contributed by atoms with Crippen LogP contribution in [-0.2, 0) is 0 Å². The number of rotatable bonds is 3. The van der Waals surface area contributed by atoms with Crippen molar-refractivity contribution in [2.75, 3.05) is 0 Å². The monoisotopic (exact) mass is 240 g/mol. The van der Waals surface area contributed by atoms with Crippen LogP contribution in [0.15, 0.2) is 42.5 Å². The maximum atomic E-state index is 5.76. The molecule has 1 aliphatic rings. The normalized spacial score (nSPS) is 22.9. The highest BCUT2D eigenvalue weighted by atomic mass is 15.2. The molecule has 0 bridgehead atoms. The molecule has 1 aliphatic carbocycles. The zero-order chi connectivity index (χ0) is 12.8. The third-order valence-corrected chi connectivity index (χ3v) is 4.30. The van der Waals surface area contributed by atoms with E-state index in [2.05, 4.69) is 61.7 Å². The minimum Gasteiger partial charge on any atom is -0.271 e. The first kappa shape index (κ1) is 11.7. The van der Waals surface area contributed by atoms with E-state index in [9.17, 15) is 0 Å². The topological polar surface area (TPSA) is 38.0 Å². The van der Waals surface area contributed by atoms with E-state index in [1.165, 1.54) is 22.8 Å².